The molecule has 0 saturated carbocycles. The molecule has 114 valence electrons. The smallest absolute Gasteiger partial charge is 0.221 e. The van der Waals surface area contributed by atoms with Crippen molar-refractivity contribution in [1.82, 2.24) is 15.1 Å². The number of ether oxygens (including phenoxy) is 1. The van der Waals surface area contributed by atoms with E-state index in [1.807, 2.05) is 31.2 Å². The summed E-state index contributed by atoms with van der Waals surface area (Å²) in [4.78, 5) is 11.8. The summed E-state index contributed by atoms with van der Waals surface area (Å²) >= 11 is 6.08. The summed E-state index contributed by atoms with van der Waals surface area (Å²) in [5.41, 5.74) is 0.951. The molecule has 0 unspecified atom stereocenters. The third-order valence-corrected chi connectivity index (χ3v) is 3.43. The Hall–Kier alpha value is -1.59. The number of hydrogen-bond acceptors (Lipinski definition) is 3. The number of nitrogens with zero attached hydrogens (tertiary/aromatic N) is 2. The number of benzene rings is 1. The van der Waals surface area contributed by atoms with E-state index < -0.39 is 0 Å². The molecule has 0 bridgehead atoms. The Bertz CT molecular complexity index is 598. The largest absolute Gasteiger partial charge is 0.382 e. The van der Waals surface area contributed by atoms with Crippen molar-refractivity contribution in [2.45, 2.75) is 26.3 Å². The molecular formula is C15H20ClN3O2. The molecule has 6 heteroatoms. The molecule has 21 heavy (non-hydrogen) atoms. The molecule has 5 nitrogen and oxygen atoms in total. The fraction of sp³-hybridized carbons (Fsp3) is 0.467. The van der Waals surface area contributed by atoms with E-state index in [1.165, 1.54) is 0 Å². The molecule has 0 radical (unpaired) electrons. The number of carbonyl (C=O) groups excluding carboxylic acids is 1. The third kappa shape index (κ3) is 4.44. The van der Waals surface area contributed by atoms with Gasteiger partial charge in [-0.3, -0.25) is 9.48 Å². The zero-order chi connectivity index (χ0) is 15.1. The molecule has 1 aromatic carbocycles. The van der Waals surface area contributed by atoms with Crippen LogP contribution in [0.2, 0.25) is 5.15 Å². The number of aromatic nitrogens is 2. The van der Waals surface area contributed by atoms with E-state index in [0.29, 0.717) is 37.9 Å². The molecule has 0 fully saturated rings. The fourth-order valence-electron chi connectivity index (χ4n) is 2.10. The molecular weight excluding hydrogens is 290 g/mol. The van der Waals surface area contributed by atoms with Gasteiger partial charge in [-0.2, -0.15) is 5.10 Å². The normalized spacial score (nSPS) is 11.0. The first-order valence-corrected chi connectivity index (χ1v) is 7.55. The van der Waals surface area contributed by atoms with Crippen LogP contribution in [0.25, 0.3) is 10.9 Å². The minimum absolute atomic E-state index is 0.0159. The quantitative estimate of drug-likeness (QED) is 0.763. The average Bonchev–Trinajstić information content (AvgIpc) is 2.82. The number of para-hydroxylation sites is 1. The van der Waals surface area contributed by atoms with E-state index in [0.717, 1.165) is 17.3 Å². The van der Waals surface area contributed by atoms with Gasteiger partial charge in [-0.15, -0.1) is 0 Å². The summed E-state index contributed by atoms with van der Waals surface area (Å²) in [7, 11) is 0. The maximum absolute atomic E-state index is 11.8. The summed E-state index contributed by atoms with van der Waals surface area (Å²) in [6.45, 7) is 4.50. The van der Waals surface area contributed by atoms with E-state index in [2.05, 4.69) is 10.4 Å². The zero-order valence-electron chi connectivity index (χ0n) is 12.1. The number of carbonyl (C=O) groups is 1. The molecule has 1 amide bonds. The van der Waals surface area contributed by atoms with Crippen molar-refractivity contribution in [2.75, 3.05) is 19.8 Å². The Morgan fingerprint density at radius 3 is 3.05 bits per heavy atom. The number of halogens is 1. The third-order valence-electron chi connectivity index (χ3n) is 3.16. The van der Waals surface area contributed by atoms with Gasteiger partial charge in [0.2, 0.25) is 5.91 Å². The van der Waals surface area contributed by atoms with Crippen molar-refractivity contribution in [1.29, 1.82) is 0 Å². The van der Waals surface area contributed by atoms with Crippen molar-refractivity contribution in [3.05, 3.63) is 29.4 Å². The first-order valence-electron chi connectivity index (χ1n) is 7.18. The Kier molecular flexibility index (Phi) is 6.02. The van der Waals surface area contributed by atoms with Gasteiger partial charge >= 0.3 is 0 Å². The van der Waals surface area contributed by atoms with Gasteiger partial charge in [0.15, 0.2) is 5.15 Å². The number of nitrogens with one attached hydrogen (secondary N) is 1. The number of amides is 1. The molecule has 1 N–H and O–H groups in total. The van der Waals surface area contributed by atoms with Crippen LogP contribution in [-0.2, 0) is 16.1 Å². The highest BCUT2D eigenvalue weighted by Crippen LogP contribution is 2.22. The molecule has 0 aliphatic heterocycles. The fourth-order valence-corrected chi connectivity index (χ4v) is 2.35. The van der Waals surface area contributed by atoms with Crippen molar-refractivity contribution < 1.29 is 9.53 Å². The van der Waals surface area contributed by atoms with Crippen molar-refractivity contribution in [3.63, 3.8) is 0 Å². The van der Waals surface area contributed by atoms with Crippen LogP contribution in [0, 0.1) is 0 Å². The van der Waals surface area contributed by atoms with Gasteiger partial charge < -0.3 is 10.1 Å². The highest BCUT2D eigenvalue weighted by Gasteiger charge is 2.09. The summed E-state index contributed by atoms with van der Waals surface area (Å²) in [5, 5.41) is 8.53. The predicted octanol–water partition coefficient (Wildman–Crippen LogP) is 2.62. The highest BCUT2D eigenvalue weighted by atomic mass is 35.5. The van der Waals surface area contributed by atoms with E-state index >= 15 is 0 Å². The summed E-state index contributed by atoms with van der Waals surface area (Å²) in [5.74, 6) is 0.0159. The van der Waals surface area contributed by atoms with Gasteiger partial charge in [-0.1, -0.05) is 23.7 Å². The number of hydrogen-bond donors (Lipinski definition) is 1. The lowest BCUT2D eigenvalue weighted by molar-refractivity contribution is -0.121. The minimum atomic E-state index is 0.0159. The van der Waals surface area contributed by atoms with Gasteiger partial charge in [-0.05, 0) is 25.5 Å². The molecule has 0 spiro atoms. The van der Waals surface area contributed by atoms with Crippen LogP contribution in [-0.4, -0.2) is 35.4 Å². The van der Waals surface area contributed by atoms with Gasteiger partial charge in [0, 0.05) is 31.6 Å². The molecule has 0 saturated heterocycles. The average molecular weight is 310 g/mol. The second kappa shape index (κ2) is 8.00. The van der Waals surface area contributed by atoms with Crippen LogP contribution in [0.3, 0.4) is 0 Å². The summed E-state index contributed by atoms with van der Waals surface area (Å²) in [6.07, 6.45) is 1.22. The molecule has 0 atom stereocenters. The van der Waals surface area contributed by atoms with Crippen LogP contribution in [0.5, 0.6) is 0 Å². The van der Waals surface area contributed by atoms with E-state index in [9.17, 15) is 4.79 Å². The number of fused-ring (bicyclic) bond motifs is 1. The zero-order valence-corrected chi connectivity index (χ0v) is 12.9. The van der Waals surface area contributed by atoms with Gasteiger partial charge in [-0.25, -0.2) is 0 Å². The van der Waals surface area contributed by atoms with E-state index in [-0.39, 0.29) is 5.91 Å². The maximum Gasteiger partial charge on any atom is 0.221 e. The lowest BCUT2D eigenvalue weighted by Gasteiger charge is -2.06. The lowest BCUT2D eigenvalue weighted by atomic mass is 10.2. The van der Waals surface area contributed by atoms with E-state index in [1.54, 1.807) is 4.68 Å². The molecule has 0 aliphatic rings. The van der Waals surface area contributed by atoms with Crippen molar-refractivity contribution in [3.8, 4) is 0 Å². The summed E-state index contributed by atoms with van der Waals surface area (Å²) in [6, 6.07) is 7.74. The van der Waals surface area contributed by atoms with Gasteiger partial charge in [0.25, 0.3) is 0 Å². The van der Waals surface area contributed by atoms with E-state index in [4.69, 9.17) is 16.3 Å². The number of rotatable bonds is 8. The Labute approximate surface area is 129 Å². The van der Waals surface area contributed by atoms with Gasteiger partial charge in [0.1, 0.15) is 0 Å². The topological polar surface area (TPSA) is 56.1 Å². The molecule has 1 aromatic heterocycles. The Morgan fingerprint density at radius 2 is 2.24 bits per heavy atom. The monoisotopic (exact) mass is 309 g/mol. The first kappa shape index (κ1) is 15.8. The van der Waals surface area contributed by atoms with Gasteiger partial charge in [0.05, 0.1) is 12.1 Å². The second-order valence-corrected chi connectivity index (χ2v) is 5.04. The van der Waals surface area contributed by atoms with Crippen LogP contribution < -0.4 is 5.32 Å². The van der Waals surface area contributed by atoms with Crippen LogP contribution in [0.1, 0.15) is 19.8 Å². The minimum Gasteiger partial charge on any atom is -0.382 e. The first-order chi connectivity index (χ1) is 10.2. The maximum atomic E-state index is 11.8. The molecule has 1 heterocycles. The highest BCUT2D eigenvalue weighted by molar-refractivity contribution is 6.34. The molecule has 2 rings (SSSR count). The lowest BCUT2D eigenvalue weighted by Crippen LogP contribution is -2.26. The Balaban J connectivity index is 1.80. The predicted molar refractivity (Wildman–Crippen MR) is 83.5 cm³/mol. The molecule has 2 aromatic rings. The van der Waals surface area contributed by atoms with Crippen molar-refractivity contribution in [2.24, 2.45) is 0 Å². The van der Waals surface area contributed by atoms with Crippen LogP contribution in [0.4, 0.5) is 0 Å². The molecule has 0 aliphatic carbocycles. The Morgan fingerprint density at radius 1 is 1.43 bits per heavy atom. The van der Waals surface area contributed by atoms with Crippen LogP contribution in [0.15, 0.2) is 24.3 Å². The van der Waals surface area contributed by atoms with Crippen molar-refractivity contribution >= 4 is 28.4 Å². The SMILES string of the molecule is CCOCCCNC(=O)CCn1nc(Cl)c2ccccc21. The second-order valence-electron chi connectivity index (χ2n) is 4.68. The summed E-state index contributed by atoms with van der Waals surface area (Å²) < 4.78 is 6.99. The number of aryl methyl sites for hydroxylation is 1. The standard InChI is InChI=1S/C15H20ClN3O2/c1-2-21-11-5-9-17-14(20)8-10-19-13-7-4-3-6-12(13)15(16)18-19/h3-4,6-7H,2,5,8-11H2,1H3,(H,17,20). The van der Waals surface area contributed by atoms with Crippen LogP contribution >= 0.6 is 11.6 Å².